The largest absolute Gasteiger partial charge is 0.356 e. The number of hydrogen-bond donors (Lipinski definition) is 1. The van der Waals surface area contributed by atoms with Gasteiger partial charge in [0.15, 0.2) is 0 Å². The minimum absolute atomic E-state index is 0.00441. The summed E-state index contributed by atoms with van der Waals surface area (Å²) in [5.41, 5.74) is 0. The highest BCUT2D eigenvalue weighted by Gasteiger charge is 1.98. The van der Waals surface area contributed by atoms with E-state index in [1.807, 2.05) is 0 Å². The lowest BCUT2D eigenvalue weighted by molar-refractivity contribution is -0.121. The molecule has 0 unspecified atom stereocenters. The molecule has 0 aliphatic carbocycles. The van der Waals surface area contributed by atoms with Crippen molar-refractivity contribution in [3.8, 4) is 0 Å². The fourth-order valence-electron chi connectivity index (χ4n) is 1.26. The molecule has 0 fully saturated rings. The van der Waals surface area contributed by atoms with Crippen molar-refractivity contribution in [3.63, 3.8) is 0 Å². The summed E-state index contributed by atoms with van der Waals surface area (Å²) in [6.07, 6.45) is 6.50. The van der Waals surface area contributed by atoms with E-state index in [0.29, 0.717) is 6.42 Å². The van der Waals surface area contributed by atoms with Crippen LogP contribution in [0.4, 0.5) is 0 Å². The van der Waals surface area contributed by atoms with Crippen LogP contribution in [0.2, 0.25) is 0 Å². The molecule has 0 rings (SSSR count). The van der Waals surface area contributed by atoms with E-state index < -0.39 is 0 Å². The fraction of sp³-hybridized carbons (Fsp3) is 0.909. The summed E-state index contributed by atoms with van der Waals surface area (Å²) in [5, 5.41) is 13.0. The summed E-state index contributed by atoms with van der Waals surface area (Å²) >= 11 is 0. The van der Waals surface area contributed by atoms with Crippen LogP contribution in [0.25, 0.3) is 0 Å². The Bertz CT molecular complexity index is 137. The second-order valence-electron chi connectivity index (χ2n) is 3.57. The van der Waals surface area contributed by atoms with Crippen LogP contribution >= 0.6 is 0 Å². The number of nitrogens with one attached hydrogen (secondary N) is 1. The van der Waals surface area contributed by atoms with Crippen LogP contribution in [0.15, 0.2) is 0 Å². The zero-order valence-electron chi connectivity index (χ0n) is 9.18. The Labute approximate surface area is 86.9 Å². The Morgan fingerprint density at radius 3 is 2.50 bits per heavy atom. The average molecular weight is 200 g/mol. The van der Waals surface area contributed by atoms with E-state index in [4.69, 9.17) is 0 Å². The average Bonchev–Trinajstić information content (AvgIpc) is 2.18. The molecular weight excluding hydrogens is 178 g/mol. The monoisotopic (exact) mass is 200 g/mol. The molecule has 14 heavy (non-hydrogen) atoms. The Morgan fingerprint density at radius 2 is 1.86 bits per heavy atom. The van der Waals surface area contributed by atoms with Crippen molar-refractivity contribution in [1.29, 1.82) is 0 Å². The minimum atomic E-state index is 0.00441. The van der Waals surface area contributed by atoms with Gasteiger partial charge in [-0.1, -0.05) is 19.8 Å². The lowest BCUT2D eigenvalue weighted by Gasteiger charge is -2.03. The highest BCUT2D eigenvalue weighted by molar-refractivity contribution is 5.75. The number of carbonyl (C=O) groups excluding carboxylic acids is 1. The molecule has 0 aliphatic heterocycles. The van der Waals surface area contributed by atoms with Gasteiger partial charge in [0.25, 0.3) is 0 Å². The van der Waals surface area contributed by atoms with Gasteiger partial charge in [-0.2, -0.15) is 0 Å². The van der Waals surface area contributed by atoms with Gasteiger partial charge >= 0.3 is 0 Å². The minimum Gasteiger partial charge on any atom is -0.356 e. The number of amides is 1. The van der Waals surface area contributed by atoms with E-state index >= 15 is 0 Å². The molecule has 0 saturated heterocycles. The topological polar surface area (TPSA) is 49.0 Å². The molecule has 0 bridgehead atoms. The molecule has 0 spiro atoms. The van der Waals surface area contributed by atoms with Crippen molar-refractivity contribution in [2.24, 2.45) is 0 Å². The molecule has 1 amide bonds. The SMILES string of the molecule is CCCCCC(=O)NCCCCC[O]. The molecule has 83 valence electrons. The van der Waals surface area contributed by atoms with Crippen LogP contribution in [0.1, 0.15) is 51.9 Å². The maximum absolute atomic E-state index is 11.2. The van der Waals surface area contributed by atoms with Crippen molar-refractivity contribution >= 4 is 5.91 Å². The number of carbonyl (C=O) groups is 1. The predicted octanol–water partition coefficient (Wildman–Crippen LogP) is 2.28. The first kappa shape index (κ1) is 13.4. The van der Waals surface area contributed by atoms with Gasteiger partial charge in [-0.05, 0) is 25.7 Å². The summed E-state index contributed by atoms with van der Waals surface area (Å²) in [6, 6.07) is 0. The number of hydrogen-bond acceptors (Lipinski definition) is 1. The second kappa shape index (κ2) is 10.5. The van der Waals surface area contributed by atoms with Gasteiger partial charge in [0.1, 0.15) is 0 Å². The third-order valence-electron chi connectivity index (χ3n) is 2.15. The molecule has 1 radical (unpaired) electrons. The van der Waals surface area contributed by atoms with Crippen molar-refractivity contribution in [1.82, 2.24) is 5.32 Å². The van der Waals surface area contributed by atoms with Gasteiger partial charge in [-0.3, -0.25) is 4.79 Å². The molecule has 0 atom stereocenters. The molecule has 0 heterocycles. The molecule has 0 aliphatic rings. The number of unbranched alkanes of at least 4 members (excludes halogenated alkanes) is 4. The predicted molar refractivity (Wildman–Crippen MR) is 56.6 cm³/mol. The summed E-state index contributed by atoms with van der Waals surface area (Å²) in [4.78, 5) is 11.2. The lowest BCUT2D eigenvalue weighted by atomic mass is 10.2. The third-order valence-corrected chi connectivity index (χ3v) is 2.15. The Morgan fingerprint density at radius 1 is 1.07 bits per heavy atom. The Hall–Kier alpha value is -0.570. The zero-order valence-corrected chi connectivity index (χ0v) is 9.18. The maximum Gasteiger partial charge on any atom is 0.219 e. The molecule has 0 aromatic rings. The van der Waals surface area contributed by atoms with Crippen LogP contribution in [0, 0.1) is 0 Å². The Balaban J connectivity index is 3.10. The first-order valence-electron chi connectivity index (χ1n) is 5.66. The van der Waals surface area contributed by atoms with Crippen molar-refractivity contribution in [2.75, 3.05) is 13.2 Å². The molecule has 3 heteroatoms. The molecule has 0 aromatic carbocycles. The molecular formula is C11H22NO2. The van der Waals surface area contributed by atoms with Crippen molar-refractivity contribution in [3.05, 3.63) is 0 Å². The van der Waals surface area contributed by atoms with Gasteiger partial charge in [-0.15, -0.1) is 0 Å². The molecule has 3 nitrogen and oxygen atoms in total. The second-order valence-corrected chi connectivity index (χ2v) is 3.57. The zero-order chi connectivity index (χ0) is 10.6. The van der Waals surface area contributed by atoms with Gasteiger partial charge in [0, 0.05) is 13.0 Å². The standard InChI is InChI=1S/C11H22NO2/c1-2-3-5-8-11(14)12-9-6-4-7-10-13/h2-10H2,1H3,(H,12,14). The summed E-state index contributed by atoms with van der Waals surface area (Å²) in [5.74, 6) is 0.153. The van der Waals surface area contributed by atoms with E-state index in [9.17, 15) is 9.90 Å². The number of rotatable bonds is 9. The summed E-state index contributed by atoms with van der Waals surface area (Å²) < 4.78 is 0. The van der Waals surface area contributed by atoms with Crippen molar-refractivity contribution < 1.29 is 9.90 Å². The van der Waals surface area contributed by atoms with E-state index in [2.05, 4.69) is 12.2 Å². The summed E-state index contributed by atoms with van der Waals surface area (Å²) in [7, 11) is 0. The van der Waals surface area contributed by atoms with Gasteiger partial charge in [0.05, 0.1) is 6.61 Å². The van der Waals surface area contributed by atoms with Gasteiger partial charge < -0.3 is 5.32 Å². The smallest absolute Gasteiger partial charge is 0.219 e. The van der Waals surface area contributed by atoms with Crippen LogP contribution in [0.5, 0.6) is 0 Å². The maximum atomic E-state index is 11.2. The molecule has 1 N–H and O–H groups in total. The van der Waals surface area contributed by atoms with Crippen LogP contribution in [-0.2, 0) is 9.90 Å². The molecule has 0 aromatic heterocycles. The van der Waals surface area contributed by atoms with Crippen LogP contribution in [0.3, 0.4) is 0 Å². The summed E-state index contributed by atoms with van der Waals surface area (Å²) in [6.45, 7) is 2.86. The normalized spacial score (nSPS) is 10.1. The Kier molecular flexibility index (Phi) is 10.1. The highest BCUT2D eigenvalue weighted by Crippen LogP contribution is 1.98. The fourth-order valence-corrected chi connectivity index (χ4v) is 1.26. The van der Waals surface area contributed by atoms with E-state index in [1.165, 1.54) is 0 Å². The van der Waals surface area contributed by atoms with Crippen LogP contribution < -0.4 is 5.32 Å². The van der Waals surface area contributed by atoms with E-state index in [-0.39, 0.29) is 12.5 Å². The molecule has 0 saturated carbocycles. The van der Waals surface area contributed by atoms with Gasteiger partial charge in [0.2, 0.25) is 5.91 Å². The quantitative estimate of drug-likeness (QED) is 0.570. The third kappa shape index (κ3) is 9.52. The first-order valence-corrected chi connectivity index (χ1v) is 5.66. The highest BCUT2D eigenvalue weighted by atomic mass is 16.2. The van der Waals surface area contributed by atoms with Gasteiger partial charge in [-0.25, -0.2) is 5.11 Å². The van der Waals surface area contributed by atoms with Crippen LogP contribution in [-0.4, -0.2) is 19.1 Å². The van der Waals surface area contributed by atoms with Crippen molar-refractivity contribution in [2.45, 2.75) is 51.9 Å². The van der Waals surface area contributed by atoms with E-state index in [1.54, 1.807) is 0 Å². The van der Waals surface area contributed by atoms with E-state index in [0.717, 1.165) is 45.1 Å². The first-order chi connectivity index (χ1) is 6.81. The lowest BCUT2D eigenvalue weighted by Crippen LogP contribution is -2.23.